The number of amides is 1. The number of aromatic carboxylic acids is 1. The monoisotopic (exact) mass is 1400 g/mol. The lowest BCUT2D eigenvalue weighted by Crippen LogP contribution is -2.38. The predicted molar refractivity (Wildman–Crippen MR) is 399 cm³/mol. The Labute approximate surface area is 595 Å². The number of nitrogens with zero attached hydrogens (tertiary/aromatic N) is 6. The average Bonchev–Trinajstić information content (AvgIpc) is 1.67. The zero-order valence-electron chi connectivity index (χ0n) is 51.1. The van der Waals surface area contributed by atoms with Crippen molar-refractivity contribution in [2.45, 2.75) is 114 Å². The quantitative estimate of drug-likeness (QED) is 0.0775. The molecule has 1 amide bonds. The average molecular weight is 1400 g/mol. The summed E-state index contributed by atoms with van der Waals surface area (Å²) in [5.74, 6) is 0.595. The smallest absolute Gasteiger partial charge is 0.358 e. The van der Waals surface area contributed by atoms with E-state index in [-0.39, 0.29) is 118 Å². The maximum Gasteiger partial charge on any atom is 0.358 e. The molecule has 530 valence electrons. The van der Waals surface area contributed by atoms with E-state index in [0.717, 1.165) is 45.6 Å². The van der Waals surface area contributed by atoms with E-state index in [1.165, 1.54) is 16.7 Å². The summed E-state index contributed by atoms with van der Waals surface area (Å²) in [7, 11) is 0. The second-order valence-corrected chi connectivity index (χ2v) is 22.4. The Bertz CT molecular complexity index is 3550. The number of fused-ring (bicyclic) bond motifs is 2. The first kappa shape index (κ1) is 85.7. The number of nitrogens with one attached hydrogen (secondary N) is 2. The number of thiocarbonyl (C=S) groups is 1. The van der Waals surface area contributed by atoms with Crippen LogP contribution in [0.5, 0.6) is 0 Å². The number of carboxylic acid groups (broad SMARTS) is 1. The second-order valence-electron chi connectivity index (χ2n) is 21.1. The normalized spacial score (nSPS) is 19.0. The van der Waals surface area contributed by atoms with E-state index < -0.39 is 5.97 Å². The van der Waals surface area contributed by atoms with Gasteiger partial charge in [-0.1, -0.05) is 239 Å². The molecule has 2 fully saturated rings. The van der Waals surface area contributed by atoms with E-state index in [1.54, 1.807) is 31.1 Å². The maximum atomic E-state index is 11.7. The number of halogens is 1. The van der Waals surface area contributed by atoms with Crippen molar-refractivity contribution >= 4 is 70.1 Å². The van der Waals surface area contributed by atoms with Gasteiger partial charge in [0.1, 0.15) is 85.5 Å². The second kappa shape index (κ2) is 45.2. The van der Waals surface area contributed by atoms with Crippen LogP contribution < -0.4 is 16.4 Å². The molecule has 6 unspecified atom stereocenters. The SMILES string of the molecule is C.C.C.C.C.C.CCOC(=O)c1cn2c(n1)COC(c1ccccc1)C2.CSC1=NCC(c2ccccc2)OC1.Cl.NC1=NCC(c2ccccc2)OC1.O=C(O)c1cn2c(n1)COC(c1ccccc1)C2.O=C1COC(c2ccccc2)CN1.S=C1COC(c2ccccc2)CN1. The molecule has 0 radical (unpaired) electrons. The molecule has 5 N–H and O–H groups in total. The van der Waals surface area contributed by atoms with E-state index in [0.29, 0.717) is 83.2 Å². The minimum absolute atomic E-state index is 0. The molecule has 14 rings (SSSR count). The van der Waals surface area contributed by atoms with Crippen molar-refractivity contribution in [3.63, 3.8) is 0 Å². The molecule has 6 aliphatic heterocycles. The Morgan fingerprint density at radius 3 is 1.22 bits per heavy atom. The van der Waals surface area contributed by atoms with Gasteiger partial charge in [0.15, 0.2) is 11.4 Å². The van der Waals surface area contributed by atoms with Crippen LogP contribution in [0.4, 0.5) is 0 Å². The van der Waals surface area contributed by atoms with Gasteiger partial charge in [-0.05, 0) is 46.6 Å². The highest BCUT2D eigenvalue weighted by atomic mass is 35.5. The van der Waals surface area contributed by atoms with Crippen molar-refractivity contribution < 1.29 is 52.6 Å². The Morgan fingerprint density at radius 1 is 0.520 bits per heavy atom. The molecule has 2 aromatic heterocycles. The molecule has 6 atom stereocenters. The third-order valence-corrected chi connectivity index (χ3v) is 15.8. The van der Waals surface area contributed by atoms with Gasteiger partial charge in [-0.2, -0.15) is 0 Å². The summed E-state index contributed by atoms with van der Waals surface area (Å²) >= 11 is 6.64. The molecule has 20 nitrogen and oxygen atoms in total. The summed E-state index contributed by atoms with van der Waals surface area (Å²) in [5, 5.41) is 15.9. The van der Waals surface area contributed by atoms with Gasteiger partial charge in [-0.3, -0.25) is 14.8 Å². The minimum Gasteiger partial charge on any atom is -0.476 e. The van der Waals surface area contributed by atoms with Crippen LogP contribution in [0.25, 0.3) is 0 Å². The number of hydrogen-bond donors (Lipinski definition) is 4. The molecule has 6 aromatic carbocycles. The van der Waals surface area contributed by atoms with Crippen molar-refractivity contribution in [3.05, 3.63) is 251 Å². The van der Waals surface area contributed by atoms with E-state index in [4.69, 9.17) is 56.2 Å². The summed E-state index contributed by atoms with van der Waals surface area (Å²) < 4.78 is 42.5. The first-order valence-corrected chi connectivity index (χ1v) is 31.5. The summed E-state index contributed by atoms with van der Waals surface area (Å²) in [6.45, 7) is 8.67. The number of esters is 1. The van der Waals surface area contributed by atoms with Gasteiger partial charge >= 0.3 is 11.9 Å². The van der Waals surface area contributed by atoms with Gasteiger partial charge in [0, 0.05) is 25.5 Å². The number of carboxylic acids is 1. The molecule has 6 aliphatic rings. The fourth-order valence-corrected chi connectivity index (χ4v) is 10.5. The number of amidine groups is 1. The maximum absolute atomic E-state index is 11.7. The molecular weight excluding hydrogens is 1300 g/mol. The first-order chi connectivity index (χ1) is 44.5. The van der Waals surface area contributed by atoms with E-state index in [1.807, 2.05) is 173 Å². The standard InChI is InChI=1S/C15H16N2O3.C13H12N2O3.C11H13NOS.C10H12N2O.C10H11NO2.C10H11NOS.6CH4.ClH/c1-2-19-15(18)12-8-17-9-13(20-10-14(17)16-12)11-6-4-3-5-7-11;16-13(17)10-6-15-7-11(18-8-12(15)14-10)9-4-2-1-3-5-9;1-14-11-8-13-10(7-12-11)9-5-3-2-4-6-9;11-10-7-13-9(6-12-10)8-4-2-1-3-5-8;12-10-7-13-9(6-11-10)8-4-2-1-3-5-8;13-10-7-12-9(6-11-10)8-4-2-1-3-5-8;;;;;;;/h3-8,13H,2,9-10H2,1H3;1-6,11H,7-8H2,(H,16,17);2-6,10H,7-8H2,1H3;1-5,9H,6-7H2,(H2,11,12);1-5,9H,6-7H2,(H,11,12);1-5,9H,6-7H2,(H,11,13);6*1H4;1H. The summed E-state index contributed by atoms with van der Waals surface area (Å²) in [6, 6.07) is 60.4. The highest BCUT2D eigenvalue weighted by Gasteiger charge is 2.27. The van der Waals surface area contributed by atoms with Crippen molar-refractivity contribution in [2.75, 3.05) is 65.5 Å². The van der Waals surface area contributed by atoms with Gasteiger partial charge in [0.25, 0.3) is 0 Å². The number of morpholine rings is 2. The number of hydrogen-bond acceptors (Lipinski definition) is 17. The molecule has 2 saturated heterocycles. The van der Waals surface area contributed by atoms with Crippen LogP contribution in [0, 0.1) is 0 Å². The zero-order chi connectivity index (χ0) is 63.6. The number of rotatable bonds is 9. The summed E-state index contributed by atoms with van der Waals surface area (Å²) in [4.78, 5) is 51.0. The van der Waals surface area contributed by atoms with Crippen LogP contribution >= 0.6 is 36.4 Å². The number of benzene rings is 6. The number of ether oxygens (including phenoxy) is 7. The van der Waals surface area contributed by atoms with E-state index in [2.05, 4.69) is 54.9 Å². The largest absolute Gasteiger partial charge is 0.476 e. The molecule has 8 aromatic rings. The number of nitrogens with two attached hydrogens (primary N) is 1. The predicted octanol–water partition coefficient (Wildman–Crippen LogP) is 14.6. The highest BCUT2D eigenvalue weighted by Crippen LogP contribution is 2.29. The van der Waals surface area contributed by atoms with Crippen LogP contribution in [0.15, 0.2) is 204 Å². The number of imidazole rings is 2. The number of carbonyl (C=O) groups excluding carboxylic acids is 2. The summed E-state index contributed by atoms with van der Waals surface area (Å²) in [5.41, 5.74) is 12.8. The van der Waals surface area contributed by atoms with Crippen LogP contribution in [0.3, 0.4) is 0 Å². The molecule has 8 heterocycles. The lowest BCUT2D eigenvalue weighted by Gasteiger charge is -2.24. The van der Waals surface area contributed by atoms with Crippen molar-refractivity contribution in [1.82, 2.24) is 29.7 Å². The minimum atomic E-state index is -1.01. The number of aliphatic imine (C=N–C) groups is 2. The van der Waals surface area contributed by atoms with Crippen LogP contribution in [0.2, 0.25) is 0 Å². The lowest BCUT2D eigenvalue weighted by molar-refractivity contribution is -0.133. The topological polar surface area (TPSA) is 246 Å². The van der Waals surface area contributed by atoms with Crippen LogP contribution in [-0.4, -0.2) is 123 Å². The van der Waals surface area contributed by atoms with Gasteiger partial charge < -0.3 is 63.8 Å². The molecule has 23 heteroatoms. The first-order valence-electron chi connectivity index (χ1n) is 29.9. The van der Waals surface area contributed by atoms with Crippen molar-refractivity contribution in [3.8, 4) is 0 Å². The number of carbonyl (C=O) groups is 3. The lowest BCUT2D eigenvalue weighted by atomic mass is 10.1. The number of thioether (sulfide) groups is 1. The Balaban J connectivity index is 0.000000398. The highest BCUT2D eigenvalue weighted by molar-refractivity contribution is 8.13. The fraction of sp³-hybridized carbons (Fsp3) is 0.360. The number of aromatic nitrogens is 4. The van der Waals surface area contributed by atoms with E-state index >= 15 is 0 Å². The fourth-order valence-electron chi connectivity index (χ4n) is 9.96. The Kier molecular flexibility index (Phi) is 39.5. The Hall–Kier alpha value is -8.42. The van der Waals surface area contributed by atoms with Crippen LogP contribution in [-0.2, 0) is 64.3 Å². The molecular formula is C75H100ClN9O11S2. The van der Waals surface area contributed by atoms with Gasteiger partial charge in [0.05, 0.1) is 51.0 Å². The zero-order valence-corrected chi connectivity index (χ0v) is 53.6. The Morgan fingerprint density at radius 2 is 0.878 bits per heavy atom. The van der Waals surface area contributed by atoms with Crippen molar-refractivity contribution in [1.29, 1.82) is 0 Å². The molecule has 0 bridgehead atoms. The van der Waals surface area contributed by atoms with E-state index in [9.17, 15) is 14.4 Å². The molecule has 0 aliphatic carbocycles. The van der Waals surface area contributed by atoms with Gasteiger partial charge in [-0.25, -0.2) is 19.6 Å². The molecule has 0 spiro atoms. The van der Waals surface area contributed by atoms with Gasteiger partial charge in [-0.15, -0.1) is 24.2 Å². The van der Waals surface area contributed by atoms with Crippen molar-refractivity contribution in [2.24, 2.45) is 15.7 Å². The molecule has 0 saturated carbocycles. The molecule has 98 heavy (non-hydrogen) atoms. The van der Waals surface area contributed by atoms with Gasteiger partial charge in [0.2, 0.25) is 5.91 Å². The van der Waals surface area contributed by atoms with Crippen LogP contribution in [0.1, 0.15) is 154 Å². The summed E-state index contributed by atoms with van der Waals surface area (Å²) in [6.07, 6.45) is 5.67. The third kappa shape index (κ3) is 26.1. The third-order valence-electron chi connectivity index (χ3n) is 14.8.